The van der Waals surface area contributed by atoms with Crippen molar-refractivity contribution in [2.24, 2.45) is 0 Å². The van der Waals surface area contributed by atoms with Gasteiger partial charge >= 0.3 is 0 Å². The van der Waals surface area contributed by atoms with Crippen molar-refractivity contribution in [1.29, 1.82) is 0 Å². The molecule has 1 aromatic rings. The van der Waals surface area contributed by atoms with Gasteiger partial charge in [0, 0.05) is 12.6 Å². The topological polar surface area (TPSA) is 75.6 Å². The van der Waals surface area contributed by atoms with Crippen LogP contribution in [0.25, 0.3) is 0 Å². The van der Waals surface area contributed by atoms with Crippen LogP contribution in [0.3, 0.4) is 0 Å². The highest BCUT2D eigenvalue weighted by molar-refractivity contribution is 7.89. The molecule has 0 amide bonds. The minimum absolute atomic E-state index is 0.0328. The number of aliphatic hydroxyl groups excluding tert-OH is 1. The van der Waals surface area contributed by atoms with Crippen LogP contribution in [0, 0.1) is 0 Å². The molecule has 0 unspecified atom stereocenters. The molecule has 2 N–H and O–H groups in total. The maximum atomic E-state index is 11.7. The van der Waals surface area contributed by atoms with E-state index >= 15 is 0 Å². The number of rotatable bonds is 6. The van der Waals surface area contributed by atoms with Gasteiger partial charge in [0.05, 0.1) is 23.1 Å². The minimum atomic E-state index is -3.63. The Morgan fingerprint density at radius 1 is 1.47 bits per heavy atom. The lowest BCUT2D eigenvalue weighted by Crippen LogP contribution is -2.26. The van der Waals surface area contributed by atoms with Gasteiger partial charge in [0.2, 0.25) is 10.0 Å². The van der Waals surface area contributed by atoms with Gasteiger partial charge in [0.1, 0.15) is 5.75 Å². The van der Waals surface area contributed by atoms with Crippen molar-refractivity contribution in [3.8, 4) is 5.75 Å². The Hall–Kier alpha value is -0.820. The average molecular weight is 280 g/mol. The Kier molecular flexibility index (Phi) is 5.20. The summed E-state index contributed by atoms with van der Waals surface area (Å²) in [6.07, 6.45) is 0. The average Bonchev–Trinajstić information content (AvgIpc) is 2.29. The summed E-state index contributed by atoms with van der Waals surface area (Å²) in [7, 11) is -3.63. The van der Waals surface area contributed by atoms with E-state index in [1.165, 1.54) is 18.2 Å². The number of sulfonamides is 1. The van der Waals surface area contributed by atoms with Crippen LogP contribution in [0.1, 0.15) is 6.92 Å². The molecule has 1 aromatic carbocycles. The Bertz CT molecular complexity index is 475. The molecule has 1 rings (SSSR count). The molecule has 0 fully saturated rings. The smallest absolute Gasteiger partial charge is 0.240 e. The summed E-state index contributed by atoms with van der Waals surface area (Å²) in [6, 6.07) is 4.19. The molecule has 0 aliphatic heterocycles. The van der Waals surface area contributed by atoms with Crippen molar-refractivity contribution in [1.82, 2.24) is 4.72 Å². The molecular formula is C10H14ClNO4S. The molecule has 0 saturated carbocycles. The highest BCUT2D eigenvalue weighted by Gasteiger charge is 2.15. The van der Waals surface area contributed by atoms with E-state index in [9.17, 15) is 8.42 Å². The number of hydrogen-bond acceptors (Lipinski definition) is 4. The van der Waals surface area contributed by atoms with Gasteiger partial charge in [0.15, 0.2) is 0 Å². The molecule has 0 heterocycles. The van der Waals surface area contributed by atoms with Gasteiger partial charge in [-0.2, -0.15) is 0 Å². The summed E-state index contributed by atoms with van der Waals surface area (Å²) in [4.78, 5) is 0.0544. The predicted molar refractivity (Wildman–Crippen MR) is 64.9 cm³/mol. The zero-order chi connectivity index (χ0) is 12.9. The van der Waals surface area contributed by atoms with Crippen LogP contribution in [0.4, 0.5) is 0 Å². The molecule has 0 aromatic heterocycles. The summed E-state index contributed by atoms with van der Waals surface area (Å²) in [5, 5.41) is 8.94. The third-order valence-electron chi connectivity index (χ3n) is 1.92. The van der Waals surface area contributed by atoms with E-state index in [0.29, 0.717) is 17.4 Å². The van der Waals surface area contributed by atoms with Crippen LogP contribution in [0.5, 0.6) is 5.75 Å². The maximum Gasteiger partial charge on any atom is 0.240 e. The van der Waals surface area contributed by atoms with Crippen molar-refractivity contribution in [3.05, 3.63) is 23.2 Å². The second-order valence-electron chi connectivity index (χ2n) is 3.15. The summed E-state index contributed by atoms with van der Waals surface area (Å²) < 4.78 is 30.9. The Balaban J connectivity index is 3.02. The fourth-order valence-corrected chi connectivity index (χ4v) is 2.39. The van der Waals surface area contributed by atoms with E-state index in [1.54, 1.807) is 6.92 Å². The fraction of sp³-hybridized carbons (Fsp3) is 0.400. The highest BCUT2D eigenvalue weighted by Crippen LogP contribution is 2.27. The fourth-order valence-electron chi connectivity index (χ4n) is 1.18. The van der Waals surface area contributed by atoms with Gasteiger partial charge < -0.3 is 9.84 Å². The van der Waals surface area contributed by atoms with Crippen LogP contribution < -0.4 is 9.46 Å². The highest BCUT2D eigenvalue weighted by atomic mass is 35.5. The van der Waals surface area contributed by atoms with Gasteiger partial charge in [-0.1, -0.05) is 11.6 Å². The Morgan fingerprint density at radius 3 is 2.76 bits per heavy atom. The molecule has 0 bridgehead atoms. The molecule has 0 aliphatic carbocycles. The lowest BCUT2D eigenvalue weighted by atomic mass is 10.3. The monoisotopic (exact) mass is 279 g/mol. The third-order valence-corrected chi connectivity index (χ3v) is 3.69. The Morgan fingerprint density at radius 2 is 2.18 bits per heavy atom. The molecule has 0 spiro atoms. The second-order valence-corrected chi connectivity index (χ2v) is 5.32. The van der Waals surface area contributed by atoms with E-state index in [0.717, 1.165) is 0 Å². The van der Waals surface area contributed by atoms with Crippen molar-refractivity contribution in [2.75, 3.05) is 19.8 Å². The van der Waals surface area contributed by atoms with Crippen molar-refractivity contribution >= 4 is 21.6 Å². The minimum Gasteiger partial charge on any atom is -0.492 e. The van der Waals surface area contributed by atoms with E-state index < -0.39 is 10.0 Å². The van der Waals surface area contributed by atoms with Crippen molar-refractivity contribution in [3.63, 3.8) is 0 Å². The molecular weight excluding hydrogens is 266 g/mol. The number of nitrogens with one attached hydrogen (secondary N) is 1. The summed E-state index contributed by atoms with van der Waals surface area (Å²) >= 11 is 5.85. The number of hydrogen-bond donors (Lipinski definition) is 2. The molecule has 0 saturated heterocycles. The maximum absolute atomic E-state index is 11.7. The summed E-state index contributed by atoms with van der Waals surface area (Å²) in [6.45, 7) is 1.88. The van der Waals surface area contributed by atoms with Gasteiger partial charge in [-0.15, -0.1) is 0 Å². The first-order valence-electron chi connectivity index (χ1n) is 5.04. The van der Waals surface area contributed by atoms with E-state index in [4.69, 9.17) is 21.4 Å². The molecule has 7 heteroatoms. The van der Waals surface area contributed by atoms with Crippen molar-refractivity contribution in [2.45, 2.75) is 11.8 Å². The van der Waals surface area contributed by atoms with Crippen molar-refractivity contribution < 1.29 is 18.3 Å². The third kappa shape index (κ3) is 3.85. The van der Waals surface area contributed by atoms with Gasteiger partial charge in [0.25, 0.3) is 0 Å². The quantitative estimate of drug-likeness (QED) is 0.815. The first kappa shape index (κ1) is 14.2. The Labute approximate surface area is 105 Å². The normalized spacial score (nSPS) is 11.5. The zero-order valence-electron chi connectivity index (χ0n) is 9.31. The SMILES string of the molecule is CCOc1cc(S(=O)(=O)NCCO)ccc1Cl. The lowest BCUT2D eigenvalue weighted by molar-refractivity contribution is 0.301. The number of aliphatic hydroxyl groups is 1. The van der Waals surface area contributed by atoms with Crippen LogP contribution in [-0.4, -0.2) is 33.3 Å². The molecule has 17 heavy (non-hydrogen) atoms. The van der Waals surface area contributed by atoms with E-state index in [2.05, 4.69) is 4.72 Å². The summed E-state index contributed by atoms with van der Waals surface area (Å²) in [5.41, 5.74) is 0. The van der Waals surface area contributed by atoms with E-state index in [1.807, 2.05) is 0 Å². The van der Waals surface area contributed by atoms with Crippen LogP contribution in [-0.2, 0) is 10.0 Å². The second kappa shape index (κ2) is 6.20. The molecule has 0 atom stereocenters. The van der Waals surface area contributed by atoms with Crippen LogP contribution in [0.2, 0.25) is 5.02 Å². The number of halogens is 1. The molecule has 0 aliphatic rings. The first-order valence-corrected chi connectivity index (χ1v) is 6.90. The lowest BCUT2D eigenvalue weighted by Gasteiger charge is -2.09. The zero-order valence-corrected chi connectivity index (χ0v) is 10.9. The summed E-state index contributed by atoms with van der Waals surface area (Å²) in [5.74, 6) is 0.320. The van der Waals surface area contributed by atoms with Gasteiger partial charge in [-0.3, -0.25) is 0 Å². The molecule has 5 nitrogen and oxygen atoms in total. The molecule has 0 radical (unpaired) electrons. The standard InChI is InChI=1S/C10H14ClNO4S/c1-2-16-10-7-8(3-4-9(10)11)17(14,15)12-5-6-13/h3-4,7,12-13H,2,5-6H2,1H3. The van der Waals surface area contributed by atoms with E-state index in [-0.39, 0.29) is 18.0 Å². The van der Waals surface area contributed by atoms with Crippen LogP contribution in [0.15, 0.2) is 23.1 Å². The molecule has 96 valence electrons. The predicted octanol–water partition coefficient (Wildman–Crippen LogP) is 1.01. The van der Waals surface area contributed by atoms with Crippen LogP contribution >= 0.6 is 11.6 Å². The largest absolute Gasteiger partial charge is 0.492 e. The number of benzene rings is 1. The first-order chi connectivity index (χ1) is 8.01. The van der Waals surface area contributed by atoms with Gasteiger partial charge in [-0.05, 0) is 19.1 Å². The number of ether oxygens (including phenoxy) is 1. The van der Waals surface area contributed by atoms with Gasteiger partial charge in [-0.25, -0.2) is 13.1 Å².